The molecular formula is C13H26N4O. The predicted molar refractivity (Wildman–Crippen MR) is 72.6 cm³/mol. The highest BCUT2D eigenvalue weighted by molar-refractivity contribution is 5.74. The number of carbonyl (C=O) groups excluding carboxylic acids is 1. The van der Waals surface area contributed by atoms with Crippen molar-refractivity contribution in [3.63, 3.8) is 0 Å². The van der Waals surface area contributed by atoms with E-state index >= 15 is 0 Å². The van der Waals surface area contributed by atoms with Crippen molar-refractivity contribution in [3.05, 3.63) is 0 Å². The molecule has 2 heterocycles. The molecule has 1 atom stereocenters. The van der Waals surface area contributed by atoms with E-state index in [2.05, 4.69) is 29.8 Å². The van der Waals surface area contributed by atoms with Crippen LogP contribution in [-0.2, 0) is 0 Å². The van der Waals surface area contributed by atoms with E-state index in [4.69, 9.17) is 0 Å². The lowest BCUT2D eigenvalue weighted by atomic mass is 10.0. The Labute approximate surface area is 110 Å². The Kier molecular flexibility index (Phi) is 4.45. The SMILES string of the molecule is CC1(C)CN(C(=O)NCCC2CCNC2)CCN1. The van der Waals surface area contributed by atoms with Crippen molar-refractivity contribution >= 4 is 6.03 Å². The van der Waals surface area contributed by atoms with Crippen LogP contribution in [0.2, 0.25) is 0 Å². The topological polar surface area (TPSA) is 56.4 Å². The fraction of sp³-hybridized carbons (Fsp3) is 0.923. The molecule has 0 bridgehead atoms. The van der Waals surface area contributed by atoms with Gasteiger partial charge in [0.15, 0.2) is 0 Å². The van der Waals surface area contributed by atoms with Gasteiger partial charge in [-0.1, -0.05) is 0 Å². The summed E-state index contributed by atoms with van der Waals surface area (Å²) in [7, 11) is 0. The summed E-state index contributed by atoms with van der Waals surface area (Å²) in [6.07, 6.45) is 2.34. The van der Waals surface area contributed by atoms with E-state index in [0.717, 1.165) is 51.6 Å². The van der Waals surface area contributed by atoms with Crippen LogP contribution in [0.15, 0.2) is 0 Å². The van der Waals surface area contributed by atoms with E-state index in [-0.39, 0.29) is 11.6 Å². The summed E-state index contributed by atoms with van der Waals surface area (Å²) in [5.74, 6) is 0.741. The number of hydrogen-bond acceptors (Lipinski definition) is 3. The van der Waals surface area contributed by atoms with E-state index in [1.165, 1.54) is 6.42 Å². The number of carbonyl (C=O) groups is 1. The number of amides is 2. The first-order chi connectivity index (χ1) is 8.57. The highest BCUT2D eigenvalue weighted by atomic mass is 16.2. The summed E-state index contributed by atoms with van der Waals surface area (Å²) < 4.78 is 0. The van der Waals surface area contributed by atoms with Crippen LogP contribution in [0.4, 0.5) is 4.79 Å². The zero-order valence-corrected chi connectivity index (χ0v) is 11.6. The lowest BCUT2D eigenvalue weighted by molar-refractivity contribution is 0.154. The minimum Gasteiger partial charge on any atom is -0.338 e. The predicted octanol–water partition coefficient (Wildman–Crippen LogP) is 0.379. The summed E-state index contributed by atoms with van der Waals surface area (Å²) in [6.45, 7) is 9.78. The van der Waals surface area contributed by atoms with Gasteiger partial charge in [0.25, 0.3) is 0 Å². The molecule has 0 aromatic carbocycles. The maximum atomic E-state index is 12.0. The third-order valence-electron chi connectivity index (χ3n) is 3.85. The minimum absolute atomic E-state index is 0.0327. The monoisotopic (exact) mass is 254 g/mol. The van der Waals surface area contributed by atoms with Crippen LogP contribution < -0.4 is 16.0 Å². The molecule has 0 radical (unpaired) electrons. The van der Waals surface area contributed by atoms with Gasteiger partial charge in [0.2, 0.25) is 0 Å². The molecule has 18 heavy (non-hydrogen) atoms. The Bertz CT molecular complexity index is 287. The second kappa shape index (κ2) is 5.89. The number of piperazine rings is 1. The Morgan fingerprint density at radius 2 is 2.28 bits per heavy atom. The number of nitrogens with zero attached hydrogens (tertiary/aromatic N) is 1. The third-order valence-corrected chi connectivity index (χ3v) is 3.85. The zero-order chi connectivity index (χ0) is 13.0. The first-order valence-corrected chi connectivity index (χ1v) is 7.05. The molecule has 5 nitrogen and oxygen atoms in total. The maximum Gasteiger partial charge on any atom is 0.317 e. The van der Waals surface area contributed by atoms with Crippen molar-refractivity contribution in [2.24, 2.45) is 5.92 Å². The minimum atomic E-state index is 0.0327. The van der Waals surface area contributed by atoms with Crippen molar-refractivity contribution in [1.82, 2.24) is 20.9 Å². The van der Waals surface area contributed by atoms with Gasteiger partial charge in [0.1, 0.15) is 0 Å². The van der Waals surface area contributed by atoms with Crippen LogP contribution in [0, 0.1) is 5.92 Å². The molecule has 2 amide bonds. The summed E-state index contributed by atoms with van der Waals surface area (Å²) in [5, 5.41) is 9.82. The van der Waals surface area contributed by atoms with Gasteiger partial charge in [-0.3, -0.25) is 0 Å². The molecule has 0 aromatic heterocycles. The van der Waals surface area contributed by atoms with Gasteiger partial charge in [-0.15, -0.1) is 0 Å². The Morgan fingerprint density at radius 1 is 1.44 bits per heavy atom. The fourth-order valence-corrected chi connectivity index (χ4v) is 2.77. The van der Waals surface area contributed by atoms with Crippen LogP contribution >= 0.6 is 0 Å². The second-order valence-electron chi connectivity index (χ2n) is 6.11. The Morgan fingerprint density at radius 3 is 2.94 bits per heavy atom. The average molecular weight is 254 g/mol. The van der Waals surface area contributed by atoms with Crippen LogP contribution in [0.25, 0.3) is 0 Å². The second-order valence-corrected chi connectivity index (χ2v) is 6.11. The largest absolute Gasteiger partial charge is 0.338 e. The van der Waals surface area contributed by atoms with Crippen LogP contribution in [-0.4, -0.2) is 55.7 Å². The van der Waals surface area contributed by atoms with E-state index in [1.807, 2.05) is 4.90 Å². The zero-order valence-electron chi connectivity index (χ0n) is 11.6. The van der Waals surface area contributed by atoms with Gasteiger partial charge in [-0.2, -0.15) is 0 Å². The van der Waals surface area contributed by atoms with Gasteiger partial charge in [0, 0.05) is 31.7 Å². The van der Waals surface area contributed by atoms with Crippen LogP contribution in [0.5, 0.6) is 0 Å². The maximum absolute atomic E-state index is 12.0. The molecule has 3 N–H and O–H groups in total. The van der Waals surface area contributed by atoms with Crippen LogP contribution in [0.3, 0.4) is 0 Å². The first-order valence-electron chi connectivity index (χ1n) is 7.05. The summed E-state index contributed by atoms with van der Waals surface area (Å²) in [4.78, 5) is 14.0. The fourth-order valence-electron chi connectivity index (χ4n) is 2.77. The van der Waals surface area contributed by atoms with Gasteiger partial charge in [-0.05, 0) is 45.7 Å². The van der Waals surface area contributed by atoms with E-state index in [1.54, 1.807) is 0 Å². The molecule has 0 spiro atoms. The van der Waals surface area contributed by atoms with E-state index < -0.39 is 0 Å². The molecule has 0 saturated carbocycles. The Hall–Kier alpha value is -0.810. The normalized spacial score (nSPS) is 27.2. The average Bonchev–Trinajstić information content (AvgIpc) is 2.80. The van der Waals surface area contributed by atoms with Crippen LogP contribution in [0.1, 0.15) is 26.7 Å². The van der Waals surface area contributed by atoms with Crippen molar-refractivity contribution in [2.45, 2.75) is 32.2 Å². The lowest BCUT2D eigenvalue weighted by Gasteiger charge is -2.39. The summed E-state index contributed by atoms with van der Waals surface area (Å²) >= 11 is 0. The highest BCUT2D eigenvalue weighted by Gasteiger charge is 2.28. The quantitative estimate of drug-likeness (QED) is 0.682. The Balaban J connectivity index is 1.67. The van der Waals surface area contributed by atoms with Crippen molar-refractivity contribution in [1.29, 1.82) is 0 Å². The van der Waals surface area contributed by atoms with E-state index in [0.29, 0.717) is 0 Å². The number of rotatable bonds is 3. The van der Waals surface area contributed by atoms with Gasteiger partial charge >= 0.3 is 6.03 Å². The van der Waals surface area contributed by atoms with Gasteiger partial charge in [0.05, 0.1) is 0 Å². The lowest BCUT2D eigenvalue weighted by Crippen LogP contribution is -2.60. The van der Waals surface area contributed by atoms with Gasteiger partial charge < -0.3 is 20.9 Å². The molecule has 0 aliphatic carbocycles. The summed E-state index contributed by atoms with van der Waals surface area (Å²) in [5.41, 5.74) is 0.0327. The summed E-state index contributed by atoms with van der Waals surface area (Å²) in [6, 6.07) is 0.0931. The molecule has 2 aliphatic rings. The van der Waals surface area contributed by atoms with Gasteiger partial charge in [-0.25, -0.2) is 4.79 Å². The molecule has 2 saturated heterocycles. The van der Waals surface area contributed by atoms with Crippen molar-refractivity contribution in [3.8, 4) is 0 Å². The molecule has 1 unspecified atom stereocenters. The molecule has 0 aromatic rings. The molecule has 2 aliphatic heterocycles. The molecule has 5 heteroatoms. The first kappa shape index (κ1) is 13.6. The molecular weight excluding hydrogens is 228 g/mol. The number of nitrogens with one attached hydrogen (secondary N) is 3. The highest BCUT2D eigenvalue weighted by Crippen LogP contribution is 2.12. The van der Waals surface area contributed by atoms with Crippen molar-refractivity contribution < 1.29 is 4.79 Å². The number of urea groups is 1. The molecule has 104 valence electrons. The van der Waals surface area contributed by atoms with Crippen molar-refractivity contribution in [2.75, 3.05) is 39.3 Å². The smallest absolute Gasteiger partial charge is 0.317 e. The molecule has 2 rings (SSSR count). The number of hydrogen-bond donors (Lipinski definition) is 3. The standard InChI is InChI=1S/C13H26N4O/c1-13(2)10-17(8-7-16-13)12(18)15-6-4-11-3-5-14-9-11/h11,14,16H,3-10H2,1-2H3,(H,15,18). The third kappa shape index (κ3) is 3.85. The van der Waals surface area contributed by atoms with E-state index in [9.17, 15) is 4.79 Å². The molecule has 2 fully saturated rings.